The summed E-state index contributed by atoms with van der Waals surface area (Å²) in [6.45, 7) is 1.80. The second-order valence-corrected chi connectivity index (χ2v) is 4.45. The fourth-order valence-electron chi connectivity index (χ4n) is 2.10. The summed E-state index contributed by atoms with van der Waals surface area (Å²) < 4.78 is 13.4. The molecule has 19 heavy (non-hydrogen) atoms. The zero-order valence-electron chi connectivity index (χ0n) is 10.3. The third kappa shape index (κ3) is 2.12. The minimum absolute atomic E-state index is 0.220. The minimum atomic E-state index is -0.342. The molecule has 0 saturated carbocycles. The standard InChI is InChI=1S/C15H11FN2O/c1-9-6-10(8-11(16)7-9)14-17-13-5-3-2-4-12(13)15(19)18-14/h2-8H,1H3,(H,17,18,19). The topological polar surface area (TPSA) is 45.8 Å². The van der Waals surface area contributed by atoms with Crippen molar-refractivity contribution < 1.29 is 4.39 Å². The molecule has 0 atom stereocenters. The first-order valence-electron chi connectivity index (χ1n) is 5.90. The molecule has 94 valence electrons. The Morgan fingerprint density at radius 1 is 1.16 bits per heavy atom. The monoisotopic (exact) mass is 254 g/mol. The number of aromatic nitrogens is 2. The summed E-state index contributed by atoms with van der Waals surface area (Å²) in [6.07, 6.45) is 0. The molecule has 4 heteroatoms. The highest BCUT2D eigenvalue weighted by Crippen LogP contribution is 2.19. The lowest BCUT2D eigenvalue weighted by Gasteiger charge is -2.04. The molecule has 3 rings (SSSR count). The summed E-state index contributed by atoms with van der Waals surface area (Å²) in [5.74, 6) is 0.0390. The van der Waals surface area contributed by atoms with Gasteiger partial charge in [-0.1, -0.05) is 12.1 Å². The second kappa shape index (κ2) is 4.31. The molecule has 0 unspecified atom stereocenters. The van der Waals surface area contributed by atoms with Gasteiger partial charge in [-0.2, -0.15) is 0 Å². The van der Waals surface area contributed by atoms with E-state index in [4.69, 9.17) is 0 Å². The van der Waals surface area contributed by atoms with Crippen LogP contribution in [0.4, 0.5) is 4.39 Å². The number of H-pyrrole nitrogens is 1. The van der Waals surface area contributed by atoms with Gasteiger partial charge in [0, 0.05) is 5.56 Å². The molecule has 1 N–H and O–H groups in total. The first kappa shape index (κ1) is 11.6. The fourth-order valence-corrected chi connectivity index (χ4v) is 2.10. The molecule has 0 aliphatic rings. The van der Waals surface area contributed by atoms with Crippen LogP contribution in [0.1, 0.15) is 5.56 Å². The normalized spacial score (nSPS) is 10.8. The van der Waals surface area contributed by atoms with Crippen LogP contribution < -0.4 is 5.56 Å². The number of fused-ring (bicyclic) bond motifs is 1. The number of rotatable bonds is 1. The van der Waals surface area contributed by atoms with Crippen LogP contribution in [0.2, 0.25) is 0 Å². The molecule has 3 aromatic rings. The van der Waals surface area contributed by atoms with Gasteiger partial charge in [0.25, 0.3) is 5.56 Å². The Morgan fingerprint density at radius 3 is 2.74 bits per heavy atom. The molecule has 0 bridgehead atoms. The third-order valence-corrected chi connectivity index (χ3v) is 2.93. The fraction of sp³-hybridized carbons (Fsp3) is 0.0667. The van der Waals surface area contributed by atoms with Crippen LogP contribution in [0.5, 0.6) is 0 Å². The Hall–Kier alpha value is -2.49. The molecule has 1 heterocycles. The Bertz CT molecular complexity index is 803. The second-order valence-electron chi connectivity index (χ2n) is 4.45. The first-order valence-corrected chi connectivity index (χ1v) is 5.90. The third-order valence-electron chi connectivity index (χ3n) is 2.93. The number of hydrogen-bond acceptors (Lipinski definition) is 2. The van der Waals surface area contributed by atoms with Gasteiger partial charge in [-0.25, -0.2) is 9.37 Å². The highest BCUT2D eigenvalue weighted by molar-refractivity contribution is 5.79. The van der Waals surface area contributed by atoms with E-state index >= 15 is 0 Å². The highest BCUT2D eigenvalue weighted by Gasteiger charge is 2.07. The smallest absolute Gasteiger partial charge is 0.259 e. The Labute approximate surface area is 108 Å². The minimum Gasteiger partial charge on any atom is -0.306 e. The van der Waals surface area contributed by atoms with Gasteiger partial charge >= 0.3 is 0 Å². The van der Waals surface area contributed by atoms with Crippen molar-refractivity contribution in [1.29, 1.82) is 0 Å². The van der Waals surface area contributed by atoms with Crippen molar-refractivity contribution in [2.45, 2.75) is 6.92 Å². The summed E-state index contributed by atoms with van der Waals surface area (Å²) in [7, 11) is 0. The quantitative estimate of drug-likeness (QED) is 0.725. The molecule has 0 aliphatic heterocycles. The van der Waals surface area contributed by atoms with Gasteiger partial charge in [0.05, 0.1) is 10.9 Å². The maximum absolute atomic E-state index is 13.4. The number of aryl methyl sites for hydroxylation is 1. The predicted molar refractivity (Wildman–Crippen MR) is 72.5 cm³/mol. The van der Waals surface area contributed by atoms with Crippen molar-refractivity contribution in [3.63, 3.8) is 0 Å². The number of nitrogens with one attached hydrogen (secondary N) is 1. The molecule has 3 nitrogen and oxygen atoms in total. The van der Waals surface area contributed by atoms with Crippen molar-refractivity contribution >= 4 is 10.9 Å². The SMILES string of the molecule is Cc1cc(F)cc(-c2nc3ccccc3c(=O)[nH]2)c1. The van der Waals surface area contributed by atoms with E-state index in [9.17, 15) is 9.18 Å². The van der Waals surface area contributed by atoms with Gasteiger partial charge in [0.1, 0.15) is 11.6 Å². The van der Waals surface area contributed by atoms with E-state index in [-0.39, 0.29) is 11.4 Å². The van der Waals surface area contributed by atoms with Crippen LogP contribution in [0, 0.1) is 12.7 Å². The number of nitrogens with zero attached hydrogens (tertiary/aromatic N) is 1. The highest BCUT2D eigenvalue weighted by atomic mass is 19.1. The van der Waals surface area contributed by atoms with E-state index in [0.29, 0.717) is 22.3 Å². The summed E-state index contributed by atoms with van der Waals surface area (Å²) in [5.41, 5.74) is 1.73. The van der Waals surface area contributed by atoms with Gasteiger partial charge in [-0.3, -0.25) is 4.79 Å². The van der Waals surface area contributed by atoms with E-state index < -0.39 is 0 Å². The lowest BCUT2D eigenvalue weighted by Crippen LogP contribution is -2.09. The van der Waals surface area contributed by atoms with Gasteiger partial charge in [-0.05, 0) is 42.8 Å². The van der Waals surface area contributed by atoms with Crippen LogP contribution >= 0.6 is 0 Å². The molecular formula is C15H11FN2O. The molecule has 0 spiro atoms. The maximum atomic E-state index is 13.4. The molecule has 0 amide bonds. The van der Waals surface area contributed by atoms with Crippen LogP contribution in [0.15, 0.2) is 47.3 Å². The Morgan fingerprint density at radius 2 is 1.95 bits per heavy atom. The average molecular weight is 254 g/mol. The average Bonchev–Trinajstić information content (AvgIpc) is 2.37. The maximum Gasteiger partial charge on any atom is 0.259 e. The van der Waals surface area contributed by atoms with Crippen molar-refractivity contribution in [3.8, 4) is 11.4 Å². The lowest BCUT2D eigenvalue weighted by molar-refractivity contribution is 0.627. The van der Waals surface area contributed by atoms with Crippen LogP contribution in [0.25, 0.3) is 22.3 Å². The zero-order chi connectivity index (χ0) is 13.4. The van der Waals surface area contributed by atoms with Gasteiger partial charge < -0.3 is 4.98 Å². The largest absolute Gasteiger partial charge is 0.306 e. The lowest BCUT2D eigenvalue weighted by atomic mass is 10.1. The zero-order valence-corrected chi connectivity index (χ0v) is 10.3. The van der Waals surface area contributed by atoms with Crippen molar-refractivity contribution in [1.82, 2.24) is 9.97 Å². The van der Waals surface area contributed by atoms with Crippen molar-refractivity contribution in [2.75, 3.05) is 0 Å². The van der Waals surface area contributed by atoms with E-state index in [1.165, 1.54) is 12.1 Å². The molecule has 0 aliphatic carbocycles. The molecule has 2 aromatic carbocycles. The summed E-state index contributed by atoms with van der Waals surface area (Å²) in [4.78, 5) is 19.0. The molecule has 0 radical (unpaired) electrons. The summed E-state index contributed by atoms with van der Waals surface area (Å²) in [5, 5.41) is 0.527. The van der Waals surface area contributed by atoms with E-state index in [0.717, 1.165) is 5.56 Å². The van der Waals surface area contributed by atoms with Gasteiger partial charge in [-0.15, -0.1) is 0 Å². The number of hydrogen-bond donors (Lipinski definition) is 1. The molecule has 0 fully saturated rings. The Balaban J connectivity index is 2.28. The van der Waals surface area contributed by atoms with Gasteiger partial charge in [0.15, 0.2) is 0 Å². The van der Waals surface area contributed by atoms with Gasteiger partial charge in [0.2, 0.25) is 0 Å². The van der Waals surface area contributed by atoms with Crippen LogP contribution in [-0.2, 0) is 0 Å². The molecule has 0 saturated heterocycles. The summed E-state index contributed by atoms with van der Waals surface area (Å²) in [6, 6.07) is 11.7. The Kier molecular flexibility index (Phi) is 2.63. The predicted octanol–water partition coefficient (Wildman–Crippen LogP) is 3.04. The van der Waals surface area contributed by atoms with E-state index in [1.807, 2.05) is 6.07 Å². The number of benzene rings is 2. The number of halogens is 1. The first-order chi connectivity index (χ1) is 9.13. The molecular weight excluding hydrogens is 243 g/mol. The van der Waals surface area contributed by atoms with Crippen LogP contribution in [0.3, 0.4) is 0 Å². The van der Waals surface area contributed by atoms with Crippen LogP contribution in [-0.4, -0.2) is 9.97 Å². The van der Waals surface area contributed by atoms with Crippen molar-refractivity contribution in [3.05, 3.63) is 64.2 Å². The summed E-state index contributed by atoms with van der Waals surface area (Å²) >= 11 is 0. The van der Waals surface area contributed by atoms with Crippen molar-refractivity contribution in [2.24, 2.45) is 0 Å². The van der Waals surface area contributed by atoms with E-state index in [2.05, 4.69) is 9.97 Å². The number of aromatic amines is 1. The van der Waals surface area contributed by atoms with E-state index in [1.54, 1.807) is 31.2 Å². The molecule has 1 aromatic heterocycles. The number of para-hydroxylation sites is 1.